The minimum Gasteiger partial charge on any atom is -0.462 e. The van der Waals surface area contributed by atoms with E-state index in [1.165, 1.54) is 19.2 Å². The Balaban J connectivity index is 2.02. The third-order valence-corrected chi connectivity index (χ3v) is 3.46. The van der Waals surface area contributed by atoms with E-state index in [2.05, 4.69) is 15.6 Å². The highest BCUT2D eigenvalue weighted by Crippen LogP contribution is 2.12. The smallest absolute Gasteiger partial charge is 0.338 e. The van der Waals surface area contributed by atoms with Gasteiger partial charge in [0, 0.05) is 19.3 Å². The second kappa shape index (κ2) is 10.0. The number of nitrogens with one attached hydrogen (secondary N) is 2. The summed E-state index contributed by atoms with van der Waals surface area (Å²) in [6.07, 6.45) is 0. The molecule has 0 aliphatic carbocycles. The van der Waals surface area contributed by atoms with Gasteiger partial charge in [-0.15, -0.1) is 0 Å². The fourth-order valence-corrected chi connectivity index (χ4v) is 2.14. The molecule has 0 aliphatic rings. The molecule has 2 N–H and O–H groups in total. The van der Waals surface area contributed by atoms with Gasteiger partial charge in [0.2, 0.25) is 0 Å². The minimum atomic E-state index is -0.467. The first-order valence-corrected chi connectivity index (χ1v) is 8.38. The molecule has 142 valence electrons. The van der Waals surface area contributed by atoms with Crippen molar-refractivity contribution < 1.29 is 23.9 Å². The number of rotatable bonds is 8. The van der Waals surface area contributed by atoms with Crippen LogP contribution < -0.4 is 10.6 Å². The lowest BCUT2D eigenvalue weighted by Gasteiger charge is -2.08. The van der Waals surface area contributed by atoms with Gasteiger partial charge >= 0.3 is 5.97 Å². The van der Waals surface area contributed by atoms with Crippen molar-refractivity contribution in [1.82, 2.24) is 10.3 Å². The van der Waals surface area contributed by atoms with Crippen LogP contribution in [0.15, 0.2) is 42.5 Å². The number of esters is 1. The lowest BCUT2D eigenvalue weighted by molar-refractivity contribution is 0.0526. The van der Waals surface area contributed by atoms with Gasteiger partial charge in [-0.05, 0) is 43.3 Å². The number of carbonyl (C=O) groups excluding carboxylic acids is 3. The SMILES string of the molecule is CCOC(=O)c1ccc(NC(=O)c2cccc(C(=O)NCCOC)n2)cc1. The molecule has 0 spiro atoms. The first-order chi connectivity index (χ1) is 13.0. The van der Waals surface area contributed by atoms with Crippen molar-refractivity contribution in [3.63, 3.8) is 0 Å². The molecule has 27 heavy (non-hydrogen) atoms. The summed E-state index contributed by atoms with van der Waals surface area (Å²) in [6, 6.07) is 10.9. The zero-order valence-electron chi connectivity index (χ0n) is 15.2. The highest BCUT2D eigenvalue weighted by Gasteiger charge is 2.13. The summed E-state index contributed by atoms with van der Waals surface area (Å²) in [4.78, 5) is 40.1. The van der Waals surface area contributed by atoms with Gasteiger partial charge in [-0.1, -0.05) is 6.07 Å². The van der Waals surface area contributed by atoms with E-state index < -0.39 is 11.9 Å². The maximum absolute atomic E-state index is 12.4. The number of aromatic nitrogens is 1. The lowest BCUT2D eigenvalue weighted by Crippen LogP contribution is -2.28. The van der Waals surface area contributed by atoms with Crippen LogP contribution in [-0.4, -0.2) is 49.6 Å². The van der Waals surface area contributed by atoms with Crippen molar-refractivity contribution in [3.05, 3.63) is 59.4 Å². The Bertz CT molecular complexity index is 805. The highest BCUT2D eigenvalue weighted by atomic mass is 16.5. The van der Waals surface area contributed by atoms with Crippen LogP contribution in [0.2, 0.25) is 0 Å². The summed E-state index contributed by atoms with van der Waals surface area (Å²) in [5, 5.41) is 5.31. The number of hydrogen-bond acceptors (Lipinski definition) is 6. The second-order valence-corrected chi connectivity index (χ2v) is 5.41. The molecule has 2 amide bonds. The van der Waals surface area contributed by atoms with E-state index in [0.717, 1.165) is 0 Å². The summed E-state index contributed by atoms with van der Waals surface area (Å²) in [7, 11) is 1.54. The van der Waals surface area contributed by atoms with Crippen LogP contribution in [0.3, 0.4) is 0 Å². The van der Waals surface area contributed by atoms with Crippen molar-refractivity contribution in [2.75, 3.05) is 32.2 Å². The minimum absolute atomic E-state index is 0.101. The number of hydrogen-bond donors (Lipinski definition) is 2. The van der Waals surface area contributed by atoms with Crippen molar-refractivity contribution in [2.24, 2.45) is 0 Å². The molecule has 0 saturated carbocycles. The van der Waals surface area contributed by atoms with Crippen LogP contribution in [0.4, 0.5) is 5.69 Å². The standard InChI is InChI=1S/C19H21N3O5/c1-3-27-19(25)13-7-9-14(10-8-13)21-18(24)16-6-4-5-15(22-16)17(23)20-11-12-26-2/h4-10H,3,11-12H2,1-2H3,(H,20,23)(H,21,24). The molecule has 2 rings (SSSR count). The summed E-state index contributed by atoms with van der Waals surface area (Å²) in [6.45, 7) is 2.75. The Hall–Kier alpha value is -3.26. The number of methoxy groups -OCH3 is 1. The lowest BCUT2D eigenvalue weighted by atomic mass is 10.2. The molecular weight excluding hydrogens is 350 g/mol. The van der Waals surface area contributed by atoms with Crippen LogP contribution in [0, 0.1) is 0 Å². The van der Waals surface area contributed by atoms with Crippen LogP contribution in [0.25, 0.3) is 0 Å². The molecule has 0 aliphatic heterocycles. The number of benzene rings is 1. The highest BCUT2D eigenvalue weighted by molar-refractivity contribution is 6.04. The van der Waals surface area contributed by atoms with Gasteiger partial charge in [0.1, 0.15) is 11.4 Å². The van der Waals surface area contributed by atoms with Crippen molar-refractivity contribution in [1.29, 1.82) is 0 Å². The average molecular weight is 371 g/mol. The van der Waals surface area contributed by atoms with Gasteiger partial charge in [0.25, 0.3) is 11.8 Å². The van der Waals surface area contributed by atoms with Gasteiger partial charge in [-0.2, -0.15) is 0 Å². The Labute approximate surface area is 156 Å². The predicted octanol–water partition coefficient (Wildman–Crippen LogP) is 1.89. The monoisotopic (exact) mass is 371 g/mol. The van der Waals surface area contributed by atoms with E-state index in [-0.39, 0.29) is 17.3 Å². The van der Waals surface area contributed by atoms with Crippen molar-refractivity contribution >= 4 is 23.5 Å². The Morgan fingerprint density at radius 3 is 2.30 bits per heavy atom. The van der Waals surface area contributed by atoms with E-state index in [9.17, 15) is 14.4 Å². The van der Waals surface area contributed by atoms with Crippen LogP contribution in [0.1, 0.15) is 38.3 Å². The average Bonchev–Trinajstić information content (AvgIpc) is 2.69. The van der Waals surface area contributed by atoms with Crippen molar-refractivity contribution in [2.45, 2.75) is 6.92 Å². The molecule has 0 atom stereocenters. The number of nitrogens with zero attached hydrogens (tertiary/aromatic N) is 1. The molecule has 1 aromatic heterocycles. The molecule has 1 aromatic carbocycles. The van der Waals surface area contributed by atoms with Crippen molar-refractivity contribution in [3.8, 4) is 0 Å². The van der Waals surface area contributed by atoms with Gasteiger partial charge < -0.3 is 20.1 Å². The Kier molecular flexibility index (Phi) is 7.45. The fourth-order valence-electron chi connectivity index (χ4n) is 2.14. The normalized spacial score (nSPS) is 10.1. The summed E-state index contributed by atoms with van der Waals surface area (Å²) >= 11 is 0. The van der Waals surface area contributed by atoms with Crippen LogP contribution in [-0.2, 0) is 9.47 Å². The number of carbonyl (C=O) groups is 3. The molecule has 1 heterocycles. The van der Waals surface area contributed by atoms with E-state index >= 15 is 0 Å². The predicted molar refractivity (Wildman–Crippen MR) is 98.8 cm³/mol. The van der Waals surface area contributed by atoms with Gasteiger partial charge in [-0.25, -0.2) is 9.78 Å². The first kappa shape index (κ1) is 20.1. The Morgan fingerprint density at radius 1 is 1.00 bits per heavy atom. The number of pyridine rings is 1. The zero-order chi connectivity index (χ0) is 19.6. The molecule has 2 aromatic rings. The maximum atomic E-state index is 12.4. The van der Waals surface area contributed by atoms with Gasteiger partial charge in [0.05, 0.1) is 18.8 Å². The third kappa shape index (κ3) is 5.89. The van der Waals surface area contributed by atoms with Gasteiger partial charge in [-0.3, -0.25) is 9.59 Å². The summed E-state index contributed by atoms with van der Waals surface area (Å²) < 4.78 is 9.77. The fraction of sp³-hybridized carbons (Fsp3) is 0.263. The molecule has 0 radical (unpaired) electrons. The quantitative estimate of drug-likeness (QED) is 0.542. The topological polar surface area (TPSA) is 107 Å². The molecule has 0 unspecified atom stereocenters. The molecule has 0 bridgehead atoms. The summed E-state index contributed by atoms with van der Waals surface area (Å²) in [5.41, 5.74) is 1.12. The molecule has 8 heteroatoms. The molecule has 8 nitrogen and oxygen atoms in total. The number of amides is 2. The first-order valence-electron chi connectivity index (χ1n) is 8.38. The van der Waals surface area contributed by atoms with E-state index in [1.54, 1.807) is 37.3 Å². The molecule has 0 fully saturated rings. The third-order valence-electron chi connectivity index (χ3n) is 3.46. The Morgan fingerprint density at radius 2 is 1.67 bits per heavy atom. The van der Waals surface area contributed by atoms with E-state index in [4.69, 9.17) is 9.47 Å². The molecular formula is C19H21N3O5. The summed E-state index contributed by atoms with van der Waals surface area (Å²) in [5.74, 6) is -1.28. The largest absolute Gasteiger partial charge is 0.462 e. The van der Waals surface area contributed by atoms with E-state index in [1.807, 2.05) is 0 Å². The second-order valence-electron chi connectivity index (χ2n) is 5.41. The van der Waals surface area contributed by atoms with Gasteiger partial charge in [0.15, 0.2) is 0 Å². The number of anilines is 1. The van der Waals surface area contributed by atoms with E-state index in [0.29, 0.717) is 31.0 Å². The van der Waals surface area contributed by atoms with Crippen LogP contribution >= 0.6 is 0 Å². The maximum Gasteiger partial charge on any atom is 0.338 e. The van der Waals surface area contributed by atoms with Crippen LogP contribution in [0.5, 0.6) is 0 Å². The number of ether oxygens (including phenoxy) is 2. The molecule has 0 saturated heterocycles. The zero-order valence-corrected chi connectivity index (χ0v) is 15.2.